The van der Waals surface area contributed by atoms with Gasteiger partial charge in [-0.2, -0.15) is 0 Å². The van der Waals surface area contributed by atoms with Gasteiger partial charge in [0.1, 0.15) is 5.78 Å². The van der Waals surface area contributed by atoms with Gasteiger partial charge in [0, 0.05) is 11.5 Å². The molecule has 0 heterocycles. The van der Waals surface area contributed by atoms with Gasteiger partial charge in [-0.05, 0) is 18.2 Å². The molecule has 0 aliphatic rings. The van der Waals surface area contributed by atoms with Crippen LogP contribution in [-0.2, 0) is 4.79 Å². The molecule has 0 bridgehead atoms. The van der Waals surface area contributed by atoms with E-state index in [0.717, 1.165) is 6.07 Å². The number of methoxy groups -OCH3 is 1. The van der Waals surface area contributed by atoms with Gasteiger partial charge in [-0.15, -0.1) is 0 Å². The molecule has 0 spiro atoms. The molecular formula is C13H15FO3. The molecule has 1 aromatic carbocycles. The maximum atomic E-state index is 13.3. The predicted octanol–water partition coefficient (Wildman–Crippen LogP) is 2.63. The number of ether oxygens (including phenoxy) is 1. The second-order valence-electron chi connectivity index (χ2n) is 4.07. The van der Waals surface area contributed by atoms with Gasteiger partial charge in [0.25, 0.3) is 0 Å². The molecule has 0 N–H and O–H groups in total. The minimum absolute atomic E-state index is 0.0803. The summed E-state index contributed by atoms with van der Waals surface area (Å²) in [6.07, 6.45) is -0.191. The maximum Gasteiger partial charge on any atom is 0.170 e. The second-order valence-corrected chi connectivity index (χ2v) is 4.07. The van der Waals surface area contributed by atoms with Gasteiger partial charge in [-0.3, -0.25) is 9.59 Å². The Bertz CT molecular complexity index is 438. The number of ketones is 2. The lowest BCUT2D eigenvalue weighted by Gasteiger charge is -2.05. The van der Waals surface area contributed by atoms with Crippen LogP contribution in [0.15, 0.2) is 18.2 Å². The van der Waals surface area contributed by atoms with Gasteiger partial charge in [0.15, 0.2) is 17.3 Å². The molecule has 0 saturated heterocycles. The average Bonchev–Trinajstić information content (AvgIpc) is 2.28. The fourth-order valence-corrected chi connectivity index (χ4v) is 1.30. The van der Waals surface area contributed by atoms with Crippen molar-refractivity contribution >= 4 is 11.6 Å². The number of halogens is 1. The Morgan fingerprint density at radius 2 is 2.00 bits per heavy atom. The Balaban J connectivity index is 2.83. The zero-order valence-electron chi connectivity index (χ0n) is 10.1. The van der Waals surface area contributed by atoms with E-state index in [4.69, 9.17) is 4.74 Å². The molecule has 4 heteroatoms. The number of carbonyl (C=O) groups excluding carboxylic acids is 2. The Morgan fingerprint density at radius 1 is 1.35 bits per heavy atom. The van der Waals surface area contributed by atoms with Gasteiger partial charge >= 0.3 is 0 Å². The molecule has 0 atom stereocenters. The molecule has 0 radical (unpaired) electrons. The van der Waals surface area contributed by atoms with Crippen LogP contribution in [0.2, 0.25) is 0 Å². The fraction of sp³-hybridized carbons (Fsp3) is 0.385. The van der Waals surface area contributed by atoms with Crippen LogP contribution < -0.4 is 4.74 Å². The first-order valence-corrected chi connectivity index (χ1v) is 5.35. The number of Topliss-reactive ketones (excluding diaryl/α,β-unsaturated/α-hetero) is 2. The highest BCUT2D eigenvalue weighted by molar-refractivity contribution is 6.08. The Morgan fingerprint density at radius 3 is 2.47 bits per heavy atom. The van der Waals surface area contributed by atoms with Crippen molar-refractivity contribution in [1.82, 2.24) is 0 Å². The quantitative estimate of drug-likeness (QED) is 0.585. The van der Waals surface area contributed by atoms with E-state index >= 15 is 0 Å². The van der Waals surface area contributed by atoms with Gasteiger partial charge in [-0.1, -0.05) is 13.8 Å². The molecule has 0 saturated carbocycles. The summed E-state index contributed by atoms with van der Waals surface area (Å²) < 4.78 is 18.1. The second kappa shape index (κ2) is 5.57. The van der Waals surface area contributed by atoms with E-state index in [2.05, 4.69) is 0 Å². The number of hydrogen-bond acceptors (Lipinski definition) is 3. The summed E-state index contributed by atoms with van der Waals surface area (Å²) in [5.41, 5.74) is 0.192. The summed E-state index contributed by atoms with van der Waals surface area (Å²) in [6.45, 7) is 3.45. The zero-order valence-corrected chi connectivity index (χ0v) is 10.1. The molecule has 3 nitrogen and oxygen atoms in total. The lowest BCUT2D eigenvalue weighted by molar-refractivity contribution is -0.121. The van der Waals surface area contributed by atoms with E-state index < -0.39 is 5.82 Å². The van der Waals surface area contributed by atoms with Crippen molar-refractivity contribution in [3.8, 4) is 5.75 Å². The highest BCUT2D eigenvalue weighted by Gasteiger charge is 2.16. The molecule has 0 aliphatic carbocycles. The number of benzene rings is 1. The van der Waals surface area contributed by atoms with Crippen molar-refractivity contribution in [3.63, 3.8) is 0 Å². The van der Waals surface area contributed by atoms with E-state index in [1.54, 1.807) is 13.8 Å². The van der Waals surface area contributed by atoms with Gasteiger partial charge < -0.3 is 4.74 Å². The minimum Gasteiger partial charge on any atom is -0.494 e. The molecule has 0 unspecified atom stereocenters. The first-order chi connectivity index (χ1) is 7.95. The highest BCUT2D eigenvalue weighted by Crippen LogP contribution is 2.19. The van der Waals surface area contributed by atoms with Gasteiger partial charge in [0.2, 0.25) is 0 Å². The highest BCUT2D eigenvalue weighted by atomic mass is 19.1. The number of carbonyl (C=O) groups is 2. The van der Waals surface area contributed by atoms with E-state index in [0.29, 0.717) is 0 Å². The maximum absolute atomic E-state index is 13.3. The number of hydrogen-bond donors (Lipinski definition) is 0. The summed E-state index contributed by atoms with van der Waals surface area (Å²) in [5.74, 6) is -1.23. The van der Waals surface area contributed by atoms with Gasteiger partial charge in [-0.25, -0.2) is 4.39 Å². The monoisotopic (exact) mass is 238 g/mol. The smallest absolute Gasteiger partial charge is 0.170 e. The van der Waals surface area contributed by atoms with E-state index in [-0.39, 0.29) is 35.2 Å². The standard InChI is InChI=1S/C13H15FO3/c1-8(2)11(15)7-12(16)9-4-5-13(17-3)10(14)6-9/h4-6,8H,7H2,1-3H3. The Kier molecular flexibility index (Phi) is 4.37. The molecule has 0 aromatic heterocycles. The van der Waals surface area contributed by atoms with Crippen LogP contribution in [0.5, 0.6) is 5.75 Å². The SMILES string of the molecule is COc1ccc(C(=O)CC(=O)C(C)C)cc1F. The molecule has 0 fully saturated rings. The molecule has 1 rings (SSSR count). The molecule has 0 amide bonds. The molecule has 1 aromatic rings. The third kappa shape index (κ3) is 3.37. The fourth-order valence-electron chi connectivity index (χ4n) is 1.30. The first-order valence-electron chi connectivity index (χ1n) is 5.35. The van der Waals surface area contributed by atoms with Gasteiger partial charge in [0.05, 0.1) is 13.5 Å². The normalized spacial score (nSPS) is 10.4. The average molecular weight is 238 g/mol. The minimum atomic E-state index is -0.602. The molecule has 17 heavy (non-hydrogen) atoms. The first kappa shape index (κ1) is 13.4. The predicted molar refractivity (Wildman–Crippen MR) is 61.7 cm³/mol. The van der Waals surface area contributed by atoms with Crippen LogP contribution in [0, 0.1) is 11.7 Å². The largest absolute Gasteiger partial charge is 0.494 e. The molecular weight excluding hydrogens is 223 g/mol. The van der Waals surface area contributed by atoms with Crippen molar-refractivity contribution in [1.29, 1.82) is 0 Å². The summed E-state index contributed by atoms with van der Waals surface area (Å²) in [4.78, 5) is 23.1. The summed E-state index contributed by atoms with van der Waals surface area (Å²) in [5, 5.41) is 0. The summed E-state index contributed by atoms with van der Waals surface area (Å²) in [6, 6.07) is 3.93. The Hall–Kier alpha value is -1.71. The summed E-state index contributed by atoms with van der Waals surface area (Å²) in [7, 11) is 1.35. The van der Waals surface area contributed by atoms with E-state index in [1.165, 1.54) is 19.2 Å². The topological polar surface area (TPSA) is 43.4 Å². The third-order valence-corrected chi connectivity index (χ3v) is 2.45. The van der Waals surface area contributed by atoms with Crippen LogP contribution >= 0.6 is 0 Å². The lowest BCUT2D eigenvalue weighted by atomic mass is 10.00. The van der Waals surface area contributed by atoms with Crippen molar-refractivity contribution in [3.05, 3.63) is 29.6 Å². The van der Waals surface area contributed by atoms with Crippen LogP contribution in [0.25, 0.3) is 0 Å². The van der Waals surface area contributed by atoms with E-state index in [9.17, 15) is 14.0 Å². The van der Waals surface area contributed by atoms with Crippen molar-refractivity contribution < 1.29 is 18.7 Å². The van der Waals surface area contributed by atoms with E-state index in [1.807, 2.05) is 0 Å². The van der Waals surface area contributed by atoms with Crippen molar-refractivity contribution in [2.75, 3.05) is 7.11 Å². The lowest BCUT2D eigenvalue weighted by Crippen LogP contribution is -2.13. The zero-order chi connectivity index (χ0) is 13.0. The van der Waals surface area contributed by atoms with Crippen molar-refractivity contribution in [2.45, 2.75) is 20.3 Å². The summed E-state index contributed by atoms with van der Waals surface area (Å²) >= 11 is 0. The third-order valence-electron chi connectivity index (χ3n) is 2.45. The van der Waals surface area contributed by atoms with Crippen LogP contribution in [0.1, 0.15) is 30.6 Å². The molecule has 0 aliphatic heterocycles. The van der Waals surface area contributed by atoms with Crippen LogP contribution in [-0.4, -0.2) is 18.7 Å². The number of rotatable bonds is 5. The Labute approximate surface area is 99.6 Å². The van der Waals surface area contributed by atoms with Crippen molar-refractivity contribution in [2.24, 2.45) is 5.92 Å². The van der Waals surface area contributed by atoms with Crippen LogP contribution in [0.4, 0.5) is 4.39 Å². The van der Waals surface area contributed by atoms with Crippen LogP contribution in [0.3, 0.4) is 0 Å². The molecule has 92 valence electrons.